The van der Waals surface area contributed by atoms with Crippen LogP contribution in [-0.4, -0.2) is 38.3 Å². The Morgan fingerprint density at radius 2 is 2.29 bits per heavy atom. The SMILES string of the molecule is COC(=O)c1ccc(C2CCNC2)c(OC)n1. The fraction of sp³-hybridized carbons (Fsp3) is 0.500. The summed E-state index contributed by atoms with van der Waals surface area (Å²) in [7, 11) is 2.90. The van der Waals surface area contributed by atoms with Gasteiger partial charge in [0.05, 0.1) is 14.2 Å². The molecule has 2 heterocycles. The van der Waals surface area contributed by atoms with E-state index in [1.54, 1.807) is 13.2 Å². The minimum atomic E-state index is -0.445. The normalized spacial score (nSPS) is 19.1. The Hall–Kier alpha value is -1.62. The fourth-order valence-corrected chi connectivity index (χ4v) is 2.06. The molecule has 0 aliphatic carbocycles. The van der Waals surface area contributed by atoms with Crippen LogP contribution in [0.4, 0.5) is 0 Å². The van der Waals surface area contributed by atoms with Crippen LogP contribution in [0.3, 0.4) is 0 Å². The van der Waals surface area contributed by atoms with Gasteiger partial charge in [-0.25, -0.2) is 9.78 Å². The summed E-state index contributed by atoms with van der Waals surface area (Å²) >= 11 is 0. The van der Waals surface area contributed by atoms with Gasteiger partial charge in [0.1, 0.15) is 0 Å². The highest BCUT2D eigenvalue weighted by Gasteiger charge is 2.22. The summed E-state index contributed by atoms with van der Waals surface area (Å²) in [6.07, 6.45) is 1.07. The molecule has 1 atom stereocenters. The van der Waals surface area contributed by atoms with Gasteiger partial charge in [0, 0.05) is 18.0 Å². The summed E-state index contributed by atoms with van der Waals surface area (Å²) in [5.41, 5.74) is 1.32. The third-order valence-corrected chi connectivity index (χ3v) is 2.98. The zero-order valence-corrected chi connectivity index (χ0v) is 10.0. The van der Waals surface area contributed by atoms with Crippen molar-refractivity contribution in [3.05, 3.63) is 23.4 Å². The number of hydrogen-bond donors (Lipinski definition) is 1. The van der Waals surface area contributed by atoms with Crippen LogP contribution in [0.15, 0.2) is 12.1 Å². The molecule has 1 saturated heterocycles. The van der Waals surface area contributed by atoms with Crippen molar-refractivity contribution in [2.24, 2.45) is 0 Å². The molecule has 5 nitrogen and oxygen atoms in total. The van der Waals surface area contributed by atoms with Crippen molar-refractivity contribution in [1.82, 2.24) is 10.3 Å². The van der Waals surface area contributed by atoms with Gasteiger partial charge in [-0.2, -0.15) is 0 Å². The quantitative estimate of drug-likeness (QED) is 0.792. The molecule has 1 aromatic rings. The largest absolute Gasteiger partial charge is 0.481 e. The van der Waals surface area contributed by atoms with Gasteiger partial charge in [0.15, 0.2) is 5.69 Å². The number of nitrogens with one attached hydrogen (secondary N) is 1. The first-order valence-corrected chi connectivity index (χ1v) is 5.60. The number of pyridine rings is 1. The van der Waals surface area contributed by atoms with Gasteiger partial charge < -0.3 is 14.8 Å². The molecular formula is C12H16N2O3. The molecule has 0 amide bonds. The number of rotatable bonds is 3. The van der Waals surface area contributed by atoms with Crippen molar-refractivity contribution in [1.29, 1.82) is 0 Å². The molecule has 0 saturated carbocycles. The van der Waals surface area contributed by atoms with E-state index in [2.05, 4.69) is 15.0 Å². The van der Waals surface area contributed by atoms with Crippen molar-refractivity contribution in [3.8, 4) is 5.88 Å². The van der Waals surface area contributed by atoms with Crippen LogP contribution in [0.2, 0.25) is 0 Å². The molecule has 0 radical (unpaired) electrons. The second-order valence-electron chi connectivity index (χ2n) is 3.98. The Morgan fingerprint density at radius 1 is 1.47 bits per heavy atom. The highest BCUT2D eigenvalue weighted by atomic mass is 16.5. The summed E-state index contributed by atoms with van der Waals surface area (Å²) < 4.78 is 9.88. The molecule has 0 spiro atoms. The van der Waals surface area contributed by atoms with Crippen molar-refractivity contribution in [3.63, 3.8) is 0 Å². The zero-order valence-electron chi connectivity index (χ0n) is 10.0. The average molecular weight is 236 g/mol. The van der Waals surface area contributed by atoms with Crippen molar-refractivity contribution in [2.45, 2.75) is 12.3 Å². The van der Waals surface area contributed by atoms with Crippen LogP contribution in [0, 0.1) is 0 Å². The summed E-state index contributed by atoms with van der Waals surface area (Å²) in [4.78, 5) is 15.5. The minimum Gasteiger partial charge on any atom is -0.481 e. The highest BCUT2D eigenvalue weighted by molar-refractivity contribution is 5.87. The first-order chi connectivity index (χ1) is 8.26. The van der Waals surface area contributed by atoms with Crippen LogP contribution >= 0.6 is 0 Å². The van der Waals surface area contributed by atoms with E-state index < -0.39 is 5.97 Å². The third kappa shape index (κ3) is 2.39. The summed E-state index contributed by atoms with van der Waals surface area (Å²) in [6, 6.07) is 3.58. The van der Waals surface area contributed by atoms with Gasteiger partial charge in [0.25, 0.3) is 0 Å². The number of nitrogens with zero attached hydrogens (tertiary/aromatic N) is 1. The van der Waals surface area contributed by atoms with Crippen LogP contribution in [-0.2, 0) is 4.74 Å². The number of hydrogen-bond acceptors (Lipinski definition) is 5. The number of carbonyl (C=O) groups is 1. The molecular weight excluding hydrogens is 220 g/mol. The van der Waals surface area contributed by atoms with Crippen molar-refractivity contribution < 1.29 is 14.3 Å². The molecule has 5 heteroatoms. The molecule has 1 aromatic heterocycles. The van der Waals surface area contributed by atoms with E-state index in [0.29, 0.717) is 11.8 Å². The van der Waals surface area contributed by atoms with Gasteiger partial charge in [-0.3, -0.25) is 0 Å². The Labute approximate surface area is 100 Å². The van der Waals surface area contributed by atoms with E-state index in [1.807, 2.05) is 6.07 Å². The zero-order chi connectivity index (χ0) is 12.3. The van der Waals surface area contributed by atoms with E-state index in [4.69, 9.17) is 4.74 Å². The van der Waals surface area contributed by atoms with Gasteiger partial charge in [-0.1, -0.05) is 6.07 Å². The minimum absolute atomic E-state index is 0.277. The molecule has 1 aliphatic rings. The molecule has 1 unspecified atom stereocenters. The Bertz CT molecular complexity index is 414. The molecule has 17 heavy (non-hydrogen) atoms. The molecule has 0 bridgehead atoms. The molecule has 1 aliphatic heterocycles. The molecule has 1 fully saturated rings. The van der Waals surface area contributed by atoms with Crippen LogP contribution in [0.5, 0.6) is 5.88 Å². The molecule has 2 rings (SSSR count). The lowest BCUT2D eigenvalue weighted by Crippen LogP contribution is -2.11. The van der Waals surface area contributed by atoms with E-state index >= 15 is 0 Å². The predicted octanol–water partition coefficient (Wildman–Crippen LogP) is 0.954. The van der Waals surface area contributed by atoms with Crippen molar-refractivity contribution in [2.75, 3.05) is 27.3 Å². The highest BCUT2D eigenvalue weighted by Crippen LogP contribution is 2.29. The molecule has 0 aromatic carbocycles. The second kappa shape index (κ2) is 5.14. The van der Waals surface area contributed by atoms with Gasteiger partial charge in [-0.05, 0) is 19.0 Å². The fourth-order valence-electron chi connectivity index (χ4n) is 2.06. The molecule has 1 N–H and O–H groups in total. The summed E-state index contributed by atoms with van der Waals surface area (Å²) in [5, 5.41) is 3.30. The standard InChI is InChI=1S/C12H16N2O3/c1-16-11-9(8-5-6-13-7-8)3-4-10(14-11)12(15)17-2/h3-4,8,13H,5-7H2,1-2H3. The Kier molecular flexibility index (Phi) is 3.58. The summed E-state index contributed by atoms with van der Waals surface area (Å²) in [5.74, 6) is 0.477. The first kappa shape index (κ1) is 11.9. The average Bonchev–Trinajstić information content (AvgIpc) is 2.90. The predicted molar refractivity (Wildman–Crippen MR) is 62.4 cm³/mol. The number of carbonyl (C=O) groups excluding carboxylic acids is 1. The maximum atomic E-state index is 11.4. The third-order valence-electron chi connectivity index (χ3n) is 2.98. The Morgan fingerprint density at radius 3 is 2.88 bits per heavy atom. The van der Waals surface area contributed by atoms with Crippen LogP contribution in [0.25, 0.3) is 0 Å². The van der Waals surface area contributed by atoms with Gasteiger partial charge >= 0.3 is 5.97 Å². The number of aromatic nitrogens is 1. The maximum absolute atomic E-state index is 11.4. The monoisotopic (exact) mass is 236 g/mol. The Balaban J connectivity index is 2.30. The number of esters is 1. The number of methoxy groups -OCH3 is 2. The van der Waals surface area contributed by atoms with Gasteiger partial charge in [-0.15, -0.1) is 0 Å². The van der Waals surface area contributed by atoms with Crippen molar-refractivity contribution >= 4 is 5.97 Å². The number of ether oxygens (including phenoxy) is 2. The van der Waals surface area contributed by atoms with E-state index in [-0.39, 0.29) is 5.69 Å². The topological polar surface area (TPSA) is 60.5 Å². The lowest BCUT2D eigenvalue weighted by atomic mass is 9.99. The van der Waals surface area contributed by atoms with E-state index in [9.17, 15) is 4.79 Å². The molecule has 92 valence electrons. The second-order valence-corrected chi connectivity index (χ2v) is 3.98. The lowest BCUT2D eigenvalue weighted by Gasteiger charge is -2.13. The maximum Gasteiger partial charge on any atom is 0.356 e. The summed E-state index contributed by atoms with van der Waals surface area (Å²) in [6.45, 7) is 1.93. The van der Waals surface area contributed by atoms with Crippen LogP contribution < -0.4 is 10.1 Å². The van der Waals surface area contributed by atoms with E-state index in [1.165, 1.54) is 7.11 Å². The first-order valence-electron chi connectivity index (χ1n) is 5.60. The van der Waals surface area contributed by atoms with Crippen LogP contribution in [0.1, 0.15) is 28.4 Å². The van der Waals surface area contributed by atoms with Gasteiger partial charge in [0.2, 0.25) is 5.88 Å². The van der Waals surface area contributed by atoms with E-state index in [0.717, 1.165) is 25.1 Å². The smallest absolute Gasteiger partial charge is 0.356 e. The lowest BCUT2D eigenvalue weighted by molar-refractivity contribution is 0.0593.